The van der Waals surface area contributed by atoms with Crippen molar-refractivity contribution in [2.45, 2.75) is 12.8 Å². The van der Waals surface area contributed by atoms with Crippen LogP contribution in [-0.4, -0.2) is 37.5 Å². The maximum atomic E-state index is 12.0. The number of nitrogens with zero attached hydrogens (tertiary/aromatic N) is 1. The summed E-state index contributed by atoms with van der Waals surface area (Å²) in [6.07, 6.45) is 2.09. The van der Waals surface area contributed by atoms with E-state index in [2.05, 4.69) is 5.32 Å². The molecular formula is C12H17ClN2O2. The van der Waals surface area contributed by atoms with E-state index in [1.54, 1.807) is 12.1 Å². The molecule has 0 aliphatic carbocycles. The first kappa shape index (κ1) is 12.5. The van der Waals surface area contributed by atoms with Crippen LogP contribution in [0.1, 0.15) is 23.4 Å². The second-order valence-corrected chi connectivity index (χ2v) is 4.77. The van der Waals surface area contributed by atoms with Gasteiger partial charge < -0.3 is 14.6 Å². The third-order valence-electron chi connectivity index (χ3n) is 3.18. The minimum absolute atomic E-state index is 0.0557. The largest absolute Gasteiger partial charge is 0.440 e. The zero-order valence-electron chi connectivity index (χ0n) is 9.91. The summed E-state index contributed by atoms with van der Waals surface area (Å²) < 4.78 is 5.13. The lowest BCUT2D eigenvalue weighted by molar-refractivity contribution is 0.0659. The third-order valence-corrected chi connectivity index (χ3v) is 3.38. The van der Waals surface area contributed by atoms with E-state index in [-0.39, 0.29) is 11.1 Å². The van der Waals surface area contributed by atoms with Gasteiger partial charge in [0.15, 0.2) is 11.0 Å². The van der Waals surface area contributed by atoms with Gasteiger partial charge in [-0.15, -0.1) is 0 Å². The van der Waals surface area contributed by atoms with Crippen LogP contribution < -0.4 is 5.32 Å². The van der Waals surface area contributed by atoms with Gasteiger partial charge in [0, 0.05) is 13.1 Å². The lowest BCUT2D eigenvalue weighted by Gasteiger charge is -2.31. The normalized spacial score (nSPS) is 17.4. The SMILES string of the molecule is CNCC1CCN(C(=O)c2ccc(Cl)o2)CC1. The van der Waals surface area contributed by atoms with Gasteiger partial charge >= 0.3 is 0 Å². The molecule has 2 heterocycles. The Kier molecular flexibility index (Phi) is 4.07. The number of amides is 1. The maximum absolute atomic E-state index is 12.0. The molecule has 0 spiro atoms. The fraction of sp³-hybridized carbons (Fsp3) is 0.583. The van der Waals surface area contributed by atoms with Crippen LogP contribution in [0, 0.1) is 5.92 Å². The van der Waals surface area contributed by atoms with Crippen molar-refractivity contribution in [2.24, 2.45) is 5.92 Å². The molecule has 0 unspecified atom stereocenters. The van der Waals surface area contributed by atoms with Crippen LogP contribution in [0.15, 0.2) is 16.5 Å². The van der Waals surface area contributed by atoms with Crippen LogP contribution in [0.4, 0.5) is 0 Å². The lowest BCUT2D eigenvalue weighted by Crippen LogP contribution is -2.40. The summed E-state index contributed by atoms with van der Waals surface area (Å²) in [7, 11) is 1.96. The van der Waals surface area contributed by atoms with Gasteiger partial charge in [0.25, 0.3) is 5.91 Å². The number of furan rings is 1. The quantitative estimate of drug-likeness (QED) is 0.900. The van der Waals surface area contributed by atoms with Crippen LogP contribution in [0.25, 0.3) is 0 Å². The minimum atomic E-state index is -0.0557. The molecule has 0 saturated carbocycles. The molecule has 1 amide bonds. The van der Waals surface area contributed by atoms with E-state index in [0.29, 0.717) is 11.7 Å². The molecule has 94 valence electrons. The maximum Gasteiger partial charge on any atom is 0.289 e. The zero-order valence-corrected chi connectivity index (χ0v) is 10.7. The standard InChI is InChI=1S/C12H17ClN2O2/c1-14-8-9-4-6-15(7-5-9)12(16)10-2-3-11(13)17-10/h2-3,9,14H,4-8H2,1H3. The average molecular weight is 257 g/mol. The Balaban J connectivity index is 1.90. The van der Waals surface area contributed by atoms with E-state index < -0.39 is 0 Å². The molecule has 0 bridgehead atoms. The molecule has 0 atom stereocenters. The second-order valence-electron chi connectivity index (χ2n) is 4.40. The monoisotopic (exact) mass is 256 g/mol. The van der Waals surface area contributed by atoms with Crippen molar-refractivity contribution in [3.05, 3.63) is 23.1 Å². The Morgan fingerprint density at radius 1 is 1.53 bits per heavy atom. The van der Waals surface area contributed by atoms with Gasteiger partial charge in [-0.25, -0.2) is 0 Å². The molecule has 4 nitrogen and oxygen atoms in total. The summed E-state index contributed by atoms with van der Waals surface area (Å²) in [5.74, 6) is 0.950. The lowest BCUT2D eigenvalue weighted by atomic mass is 9.97. The molecule has 1 aromatic rings. The molecule has 1 aliphatic heterocycles. The van der Waals surface area contributed by atoms with Crippen molar-refractivity contribution in [1.29, 1.82) is 0 Å². The molecule has 1 aromatic heterocycles. The van der Waals surface area contributed by atoms with Gasteiger partial charge in [0.2, 0.25) is 0 Å². The fourth-order valence-corrected chi connectivity index (χ4v) is 2.36. The second kappa shape index (κ2) is 5.56. The first-order chi connectivity index (χ1) is 8.20. The van der Waals surface area contributed by atoms with E-state index in [1.807, 2.05) is 11.9 Å². The molecule has 1 aliphatic rings. The molecule has 0 radical (unpaired) electrons. The first-order valence-electron chi connectivity index (χ1n) is 5.90. The highest BCUT2D eigenvalue weighted by Crippen LogP contribution is 2.20. The number of halogens is 1. The summed E-state index contributed by atoms with van der Waals surface area (Å²) in [5.41, 5.74) is 0. The smallest absolute Gasteiger partial charge is 0.289 e. The van der Waals surface area contributed by atoms with Gasteiger partial charge in [-0.05, 0) is 56.1 Å². The summed E-state index contributed by atoms with van der Waals surface area (Å²) in [6, 6.07) is 3.23. The number of piperidine rings is 1. The van der Waals surface area contributed by atoms with Crippen molar-refractivity contribution in [3.63, 3.8) is 0 Å². The van der Waals surface area contributed by atoms with Gasteiger partial charge in [0.1, 0.15) is 0 Å². The summed E-state index contributed by atoms with van der Waals surface area (Å²) >= 11 is 5.66. The van der Waals surface area contributed by atoms with Crippen LogP contribution in [0.3, 0.4) is 0 Å². The van der Waals surface area contributed by atoms with E-state index in [0.717, 1.165) is 32.5 Å². The van der Waals surface area contributed by atoms with E-state index in [9.17, 15) is 4.79 Å². The number of likely N-dealkylation sites (tertiary alicyclic amines) is 1. The number of carbonyl (C=O) groups excluding carboxylic acids is 1. The molecule has 17 heavy (non-hydrogen) atoms. The summed E-state index contributed by atoms with van der Waals surface area (Å²) in [6.45, 7) is 2.61. The van der Waals surface area contributed by atoms with Crippen LogP contribution >= 0.6 is 11.6 Å². The fourth-order valence-electron chi connectivity index (χ4n) is 2.21. The molecule has 1 N–H and O–H groups in total. The van der Waals surface area contributed by atoms with Crippen LogP contribution in [0.5, 0.6) is 0 Å². The van der Waals surface area contributed by atoms with Crippen molar-refractivity contribution >= 4 is 17.5 Å². The van der Waals surface area contributed by atoms with Crippen molar-refractivity contribution in [3.8, 4) is 0 Å². The first-order valence-corrected chi connectivity index (χ1v) is 6.27. The average Bonchev–Trinajstić information content (AvgIpc) is 2.76. The van der Waals surface area contributed by atoms with E-state index in [4.69, 9.17) is 16.0 Å². The highest BCUT2D eigenvalue weighted by Gasteiger charge is 2.24. The number of rotatable bonds is 3. The van der Waals surface area contributed by atoms with Gasteiger partial charge in [0.05, 0.1) is 0 Å². The highest BCUT2D eigenvalue weighted by molar-refractivity contribution is 6.29. The van der Waals surface area contributed by atoms with E-state index in [1.165, 1.54) is 0 Å². The van der Waals surface area contributed by atoms with Gasteiger partial charge in [-0.2, -0.15) is 0 Å². The Bertz CT molecular complexity index is 384. The van der Waals surface area contributed by atoms with Crippen molar-refractivity contribution in [2.75, 3.05) is 26.7 Å². The number of hydrogen-bond acceptors (Lipinski definition) is 3. The number of nitrogens with one attached hydrogen (secondary N) is 1. The van der Waals surface area contributed by atoms with Crippen molar-refractivity contribution < 1.29 is 9.21 Å². The topological polar surface area (TPSA) is 45.5 Å². The molecule has 2 rings (SSSR count). The highest BCUT2D eigenvalue weighted by atomic mass is 35.5. The molecule has 1 saturated heterocycles. The molecular weight excluding hydrogens is 240 g/mol. The van der Waals surface area contributed by atoms with Crippen LogP contribution in [0.2, 0.25) is 5.22 Å². The van der Waals surface area contributed by atoms with Crippen molar-refractivity contribution in [1.82, 2.24) is 10.2 Å². The van der Waals surface area contributed by atoms with Gasteiger partial charge in [-0.3, -0.25) is 4.79 Å². The Morgan fingerprint density at radius 3 is 2.76 bits per heavy atom. The molecule has 0 aromatic carbocycles. The molecule has 5 heteroatoms. The number of hydrogen-bond donors (Lipinski definition) is 1. The summed E-state index contributed by atoms with van der Waals surface area (Å²) in [4.78, 5) is 13.9. The summed E-state index contributed by atoms with van der Waals surface area (Å²) in [5, 5.41) is 3.44. The Morgan fingerprint density at radius 2 is 2.24 bits per heavy atom. The molecule has 1 fully saturated rings. The predicted octanol–water partition coefficient (Wildman–Crippen LogP) is 2.00. The van der Waals surface area contributed by atoms with Crippen LogP contribution in [-0.2, 0) is 0 Å². The third kappa shape index (κ3) is 3.01. The minimum Gasteiger partial charge on any atom is -0.440 e. The Labute approximate surface area is 106 Å². The predicted molar refractivity (Wildman–Crippen MR) is 66.3 cm³/mol. The number of carbonyl (C=O) groups is 1. The van der Waals surface area contributed by atoms with E-state index >= 15 is 0 Å². The zero-order chi connectivity index (χ0) is 12.3. The Hall–Kier alpha value is -1.00. The van der Waals surface area contributed by atoms with Gasteiger partial charge in [-0.1, -0.05) is 0 Å².